The fourth-order valence-corrected chi connectivity index (χ4v) is 3.92. The predicted molar refractivity (Wildman–Crippen MR) is 87.8 cm³/mol. The Morgan fingerprint density at radius 1 is 1.20 bits per heavy atom. The third-order valence-electron chi connectivity index (χ3n) is 3.83. The van der Waals surface area contributed by atoms with Gasteiger partial charge < -0.3 is 10.6 Å². The van der Waals surface area contributed by atoms with E-state index in [2.05, 4.69) is 34.5 Å². The minimum Gasteiger partial charge on any atom is -0.370 e. The number of benzene rings is 1. The minimum absolute atomic E-state index is 0.254. The Morgan fingerprint density at radius 2 is 2.00 bits per heavy atom. The van der Waals surface area contributed by atoms with Crippen LogP contribution < -0.4 is 10.6 Å². The van der Waals surface area contributed by atoms with Gasteiger partial charge in [0.15, 0.2) is 0 Å². The van der Waals surface area contributed by atoms with Crippen molar-refractivity contribution in [3.63, 3.8) is 0 Å². The van der Waals surface area contributed by atoms with Crippen molar-refractivity contribution in [2.24, 2.45) is 11.7 Å². The molecule has 2 N–H and O–H groups in total. The highest BCUT2D eigenvalue weighted by Crippen LogP contribution is 2.27. The monoisotopic (exact) mass is 306 g/mol. The lowest BCUT2D eigenvalue weighted by Crippen LogP contribution is -2.47. The molecule has 2 nitrogen and oxygen atoms in total. The number of hydrogen-bond acceptors (Lipinski definition) is 3. The lowest BCUT2D eigenvalue weighted by atomic mass is 9.91. The summed E-state index contributed by atoms with van der Waals surface area (Å²) in [6.45, 7) is 2.01. The molecule has 0 bridgehead atoms. The second-order valence-electron chi connectivity index (χ2n) is 5.53. The normalized spacial score (nSPS) is 23.0. The van der Waals surface area contributed by atoms with Crippen LogP contribution in [0.25, 0.3) is 0 Å². The molecule has 0 saturated carbocycles. The molecule has 1 aliphatic rings. The predicted octanol–water partition coefficient (Wildman–Crippen LogP) is 3.80. The molecule has 2 atom stereocenters. The summed E-state index contributed by atoms with van der Waals surface area (Å²) in [7, 11) is 0. The number of rotatable bonds is 3. The van der Waals surface area contributed by atoms with Gasteiger partial charge in [-0.3, -0.25) is 0 Å². The number of thiophene rings is 1. The van der Waals surface area contributed by atoms with Crippen molar-refractivity contribution >= 4 is 28.6 Å². The Balaban J connectivity index is 1.71. The van der Waals surface area contributed by atoms with Crippen LogP contribution in [0.1, 0.15) is 11.3 Å². The lowest BCUT2D eigenvalue weighted by Gasteiger charge is -2.37. The van der Waals surface area contributed by atoms with Gasteiger partial charge in [0, 0.05) is 34.7 Å². The van der Waals surface area contributed by atoms with Crippen LogP contribution >= 0.6 is 22.9 Å². The molecule has 0 amide bonds. The van der Waals surface area contributed by atoms with Gasteiger partial charge in [-0.1, -0.05) is 17.7 Å². The van der Waals surface area contributed by atoms with Gasteiger partial charge in [0.25, 0.3) is 0 Å². The topological polar surface area (TPSA) is 29.3 Å². The van der Waals surface area contributed by atoms with E-state index in [-0.39, 0.29) is 6.04 Å². The van der Waals surface area contributed by atoms with Crippen molar-refractivity contribution in [3.05, 3.63) is 51.7 Å². The summed E-state index contributed by atoms with van der Waals surface area (Å²) in [5.41, 5.74) is 7.47. The Bertz CT molecular complexity index is 538. The summed E-state index contributed by atoms with van der Waals surface area (Å²) >= 11 is 7.80. The van der Waals surface area contributed by atoms with E-state index in [1.165, 1.54) is 10.6 Å². The first kappa shape index (κ1) is 13.9. The van der Waals surface area contributed by atoms with E-state index in [1.54, 1.807) is 0 Å². The molecule has 0 radical (unpaired) electrons. The van der Waals surface area contributed by atoms with Gasteiger partial charge in [-0.25, -0.2) is 0 Å². The van der Waals surface area contributed by atoms with Gasteiger partial charge in [-0.15, -0.1) is 11.3 Å². The summed E-state index contributed by atoms with van der Waals surface area (Å²) in [5, 5.41) is 2.93. The number of nitrogens with two attached hydrogens (primary N) is 1. The van der Waals surface area contributed by atoms with Gasteiger partial charge in [0.05, 0.1) is 0 Å². The maximum absolute atomic E-state index is 6.25. The van der Waals surface area contributed by atoms with E-state index in [1.807, 2.05) is 23.5 Å². The van der Waals surface area contributed by atoms with Gasteiger partial charge in [0.2, 0.25) is 0 Å². The van der Waals surface area contributed by atoms with Crippen molar-refractivity contribution in [3.8, 4) is 0 Å². The third-order valence-corrected chi connectivity index (χ3v) is 4.98. The Morgan fingerprint density at radius 3 is 2.70 bits per heavy atom. The summed E-state index contributed by atoms with van der Waals surface area (Å²) in [5.74, 6) is 0.632. The Labute approximate surface area is 129 Å². The number of nitrogens with zero attached hydrogens (tertiary/aromatic N) is 1. The van der Waals surface area contributed by atoms with E-state index in [4.69, 9.17) is 17.3 Å². The van der Waals surface area contributed by atoms with Crippen LogP contribution in [0.2, 0.25) is 5.02 Å². The van der Waals surface area contributed by atoms with E-state index < -0.39 is 0 Å². The summed E-state index contributed by atoms with van der Waals surface area (Å²) in [6, 6.07) is 12.7. The fraction of sp³-hybridized carbons (Fsp3) is 0.375. The molecule has 1 aromatic carbocycles. The van der Waals surface area contributed by atoms with Crippen molar-refractivity contribution < 1.29 is 0 Å². The highest BCUT2D eigenvalue weighted by atomic mass is 35.5. The first-order valence-corrected chi connectivity index (χ1v) is 8.25. The van der Waals surface area contributed by atoms with Crippen LogP contribution in [0.3, 0.4) is 0 Å². The average molecular weight is 307 g/mol. The van der Waals surface area contributed by atoms with Crippen molar-refractivity contribution in [2.75, 3.05) is 18.0 Å². The van der Waals surface area contributed by atoms with Crippen LogP contribution in [0.4, 0.5) is 5.69 Å². The molecular weight excluding hydrogens is 288 g/mol. The number of hydrogen-bond donors (Lipinski definition) is 1. The quantitative estimate of drug-likeness (QED) is 0.934. The fourth-order valence-electron chi connectivity index (χ4n) is 2.97. The van der Waals surface area contributed by atoms with Gasteiger partial charge >= 0.3 is 0 Å². The van der Waals surface area contributed by atoms with Crippen LogP contribution in [0, 0.1) is 5.92 Å². The van der Waals surface area contributed by atoms with E-state index in [0.717, 1.165) is 31.0 Å². The smallest absolute Gasteiger partial charge is 0.0407 e. The van der Waals surface area contributed by atoms with Crippen molar-refractivity contribution in [1.29, 1.82) is 0 Å². The van der Waals surface area contributed by atoms with Crippen molar-refractivity contribution in [1.82, 2.24) is 0 Å². The highest BCUT2D eigenvalue weighted by Gasteiger charge is 2.25. The number of piperidine rings is 1. The molecule has 4 heteroatoms. The minimum atomic E-state index is 0.254. The average Bonchev–Trinajstić information content (AvgIpc) is 2.91. The second-order valence-corrected chi connectivity index (χ2v) is 7.00. The van der Waals surface area contributed by atoms with Crippen LogP contribution in [-0.4, -0.2) is 19.1 Å². The van der Waals surface area contributed by atoms with Gasteiger partial charge in [-0.2, -0.15) is 0 Å². The summed E-state index contributed by atoms with van der Waals surface area (Å²) in [6.07, 6.45) is 2.25. The summed E-state index contributed by atoms with van der Waals surface area (Å²) < 4.78 is 0. The molecule has 2 aromatic rings. The van der Waals surface area contributed by atoms with Crippen LogP contribution in [-0.2, 0) is 6.42 Å². The largest absolute Gasteiger partial charge is 0.370 e. The molecule has 1 aromatic heterocycles. The molecule has 2 unspecified atom stereocenters. The molecule has 0 spiro atoms. The molecule has 2 heterocycles. The molecule has 0 aliphatic carbocycles. The molecule has 20 heavy (non-hydrogen) atoms. The maximum atomic E-state index is 6.25. The maximum Gasteiger partial charge on any atom is 0.0407 e. The summed E-state index contributed by atoms with van der Waals surface area (Å²) in [4.78, 5) is 3.85. The molecule has 106 valence electrons. The highest BCUT2D eigenvalue weighted by molar-refractivity contribution is 7.09. The third kappa shape index (κ3) is 3.35. The molecule has 1 fully saturated rings. The van der Waals surface area contributed by atoms with Crippen LogP contribution in [0.5, 0.6) is 0 Å². The molecule has 1 saturated heterocycles. The van der Waals surface area contributed by atoms with E-state index >= 15 is 0 Å². The van der Waals surface area contributed by atoms with Crippen molar-refractivity contribution in [2.45, 2.75) is 18.9 Å². The number of halogens is 1. The Kier molecular flexibility index (Phi) is 4.29. The van der Waals surface area contributed by atoms with Gasteiger partial charge in [0.1, 0.15) is 0 Å². The van der Waals surface area contributed by atoms with Crippen LogP contribution in [0.15, 0.2) is 41.8 Å². The number of anilines is 1. The zero-order valence-electron chi connectivity index (χ0n) is 11.3. The SMILES string of the molecule is NC1CC(Cc2cccs2)CN(c2ccc(Cl)cc2)C1. The lowest BCUT2D eigenvalue weighted by molar-refractivity contribution is 0.376. The molecule has 1 aliphatic heterocycles. The first-order chi connectivity index (χ1) is 9.70. The molecular formula is C16H19ClN2S. The van der Waals surface area contributed by atoms with E-state index in [9.17, 15) is 0 Å². The standard InChI is InChI=1S/C16H19ClN2S/c17-13-3-5-15(6-4-13)19-10-12(8-14(18)11-19)9-16-2-1-7-20-16/h1-7,12,14H,8-11,18H2. The Hall–Kier alpha value is -1.03. The zero-order valence-corrected chi connectivity index (χ0v) is 12.9. The second kappa shape index (κ2) is 6.17. The van der Waals surface area contributed by atoms with Gasteiger partial charge in [-0.05, 0) is 54.5 Å². The first-order valence-electron chi connectivity index (χ1n) is 6.99. The van der Waals surface area contributed by atoms with E-state index in [0.29, 0.717) is 5.92 Å². The molecule has 3 rings (SSSR count). The zero-order chi connectivity index (χ0) is 13.9.